The van der Waals surface area contributed by atoms with Crippen molar-refractivity contribution in [1.82, 2.24) is 10.1 Å². The van der Waals surface area contributed by atoms with Gasteiger partial charge in [-0.25, -0.2) is 9.18 Å². The predicted octanol–water partition coefficient (Wildman–Crippen LogP) is 2.64. The molecule has 5 nitrogen and oxygen atoms in total. The maximum atomic E-state index is 13.5. The SMILES string of the molecule is CC(C)(F)c1nc(-c2ccc(C(=O)O)cc2)no1. The Hall–Kier alpha value is -2.24. The fourth-order valence-corrected chi connectivity index (χ4v) is 1.34. The smallest absolute Gasteiger partial charge is 0.335 e. The van der Waals surface area contributed by atoms with Crippen LogP contribution in [0, 0.1) is 0 Å². The monoisotopic (exact) mass is 250 g/mol. The van der Waals surface area contributed by atoms with Crippen molar-refractivity contribution in [2.45, 2.75) is 19.5 Å². The fourth-order valence-electron chi connectivity index (χ4n) is 1.34. The summed E-state index contributed by atoms with van der Waals surface area (Å²) in [6, 6.07) is 5.94. The van der Waals surface area contributed by atoms with E-state index in [4.69, 9.17) is 9.63 Å². The number of benzene rings is 1. The molecule has 0 aliphatic heterocycles. The molecular formula is C12H11FN2O3. The summed E-state index contributed by atoms with van der Waals surface area (Å²) >= 11 is 0. The second-order valence-corrected chi connectivity index (χ2v) is 4.28. The minimum atomic E-state index is -1.70. The van der Waals surface area contributed by atoms with Gasteiger partial charge in [0.15, 0.2) is 5.67 Å². The molecule has 0 saturated heterocycles. The average Bonchev–Trinajstić information content (AvgIpc) is 2.78. The lowest BCUT2D eigenvalue weighted by Gasteiger charge is -2.05. The van der Waals surface area contributed by atoms with Gasteiger partial charge in [-0.05, 0) is 26.0 Å². The van der Waals surface area contributed by atoms with E-state index in [0.717, 1.165) is 0 Å². The van der Waals surface area contributed by atoms with Crippen molar-refractivity contribution in [1.29, 1.82) is 0 Å². The Morgan fingerprint density at radius 2 is 1.94 bits per heavy atom. The average molecular weight is 250 g/mol. The van der Waals surface area contributed by atoms with Crippen LogP contribution in [0.1, 0.15) is 30.1 Å². The van der Waals surface area contributed by atoms with Gasteiger partial charge in [0.2, 0.25) is 5.82 Å². The van der Waals surface area contributed by atoms with Gasteiger partial charge in [0.25, 0.3) is 5.89 Å². The summed E-state index contributed by atoms with van der Waals surface area (Å²) in [7, 11) is 0. The van der Waals surface area contributed by atoms with E-state index < -0.39 is 11.6 Å². The quantitative estimate of drug-likeness (QED) is 0.906. The molecule has 0 spiro atoms. The molecule has 1 aromatic carbocycles. The molecule has 0 radical (unpaired) electrons. The van der Waals surface area contributed by atoms with Gasteiger partial charge in [-0.2, -0.15) is 4.98 Å². The van der Waals surface area contributed by atoms with Crippen LogP contribution < -0.4 is 0 Å². The van der Waals surface area contributed by atoms with Crippen molar-refractivity contribution < 1.29 is 18.8 Å². The fraction of sp³-hybridized carbons (Fsp3) is 0.250. The van der Waals surface area contributed by atoms with Crippen LogP contribution in [0.2, 0.25) is 0 Å². The summed E-state index contributed by atoms with van der Waals surface area (Å²) in [6.45, 7) is 2.63. The molecule has 0 aliphatic carbocycles. The molecule has 0 bridgehead atoms. The lowest BCUT2D eigenvalue weighted by molar-refractivity contribution is 0.0697. The Morgan fingerprint density at radius 3 is 2.39 bits per heavy atom. The van der Waals surface area contributed by atoms with Gasteiger partial charge < -0.3 is 9.63 Å². The molecule has 0 aliphatic rings. The summed E-state index contributed by atoms with van der Waals surface area (Å²) < 4.78 is 18.4. The van der Waals surface area contributed by atoms with Crippen molar-refractivity contribution in [3.8, 4) is 11.4 Å². The van der Waals surface area contributed by atoms with Gasteiger partial charge in [0.1, 0.15) is 0 Å². The van der Waals surface area contributed by atoms with Crippen molar-refractivity contribution in [3.05, 3.63) is 35.7 Å². The molecule has 1 N–H and O–H groups in total. The van der Waals surface area contributed by atoms with Gasteiger partial charge >= 0.3 is 5.97 Å². The number of alkyl halides is 1. The van der Waals surface area contributed by atoms with E-state index in [-0.39, 0.29) is 17.3 Å². The van der Waals surface area contributed by atoms with E-state index >= 15 is 0 Å². The Morgan fingerprint density at radius 1 is 1.33 bits per heavy atom. The third-order valence-corrected chi connectivity index (χ3v) is 2.32. The van der Waals surface area contributed by atoms with Crippen LogP contribution >= 0.6 is 0 Å². The molecule has 18 heavy (non-hydrogen) atoms. The number of halogens is 1. The molecule has 0 unspecified atom stereocenters. The molecule has 2 rings (SSSR count). The number of carboxylic acids is 1. The highest BCUT2D eigenvalue weighted by Crippen LogP contribution is 2.25. The van der Waals surface area contributed by atoms with Gasteiger partial charge in [-0.3, -0.25) is 0 Å². The number of carboxylic acid groups (broad SMARTS) is 1. The first kappa shape index (κ1) is 12.2. The van der Waals surface area contributed by atoms with Crippen LogP contribution in [-0.4, -0.2) is 21.2 Å². The summed E-state index contributed by atoms with van der Waals surface area (Å²) in [6.07, 6.45) is 0. The minimum Gasteiger partial charge on any atom is -0.478 e. The normalized spacial score (nSPS) is 11.5. The van der Waals surface area contributed by atoms with Crippen molar-refractivity contribution >= 4 is 5.97 Å². The first-order chi connectivity index (χ1) is 8.38. The van der Waals surface area contributed by atoms with Crippen LogP contribution in [0.5, 0.6) is 0 Å². The number of rotatable bonds is 3. The molecule has 0 atom stereocenters. The topological polar surface area (TPSA) is 76.2 Å². The van der Waals surface area contributed by atoms with Crippen LogP contribution in [0.4, 0.5) is 4.39 Å². The zero-order valence-corrected chi connectivity index (χ0v) is 9.85. The van der Waals surface area contributed by atoms with Crippen LogP contribution in [0.15, 0.2) is 28.8 Å². The minimum absolute atomic E-state index is 0.111. The van der Waals surface area contributed by atoms with Gasteiger partial charge in [0.05, 0.1) is 5.56 Å². The zero-order chi connectivity index (χ0) is 13.3. The molecule has 94 valence electrons. The van der Waals surface area contributed by atoms with Crippen molar-refractivity contribution in [2.24, 2.45) is 0 Å². The van der Waals surface area contributed by atoms with Gasteiger partial charge in [-0.1, -0.05) is 17.3 Å². The first-order valence-corrected chi connectivity index (χ1v) is 5.25. The largest absolute Gasteiger partial charge is 0.478 e. The molecule has 0 saturated carbocycles. The number of aromatic carboxylic acids is 1. The molecular weight excluding hydrogens is 239 g/mol. The maximum absolute atomic E-state index is 13.5. The molecule has 6 heteroatoms. The van der Waals surface area contributed by atoms with Crippen LogP contribution in [0.25, 0.3) is 11.4 Å². The number of carbonyl (C=O) groups is 1. The van der Waals surface area contributed by atoms with Crippen molar-refractivity contribution in [2.75, 3.05) is 0 Å². The number of hydrogen-bond donors (Lipinski definition) is 1. The third kappa shape index (κ3) is 2.37. The summed E-state index contributed by atoms with van der Waals surface area (Å²) in [4.78, 5) is 14.6. The Labute approximate surface area is 102 Å². The Kier molecular flexibility index (Phi) is 2.86. The third-order valence-electron chi connectivity index (χ3n) is 2.32. The van der Waals surface area contributed by atoms with E-state index in [1.165, 1.54) is 26.0 Å². The summed E-state index contributed by atoms with van der Waals surface area (Å²) in [5, 5.41) is 12.4. The van der Waals surface area contributed by atoms with Crippen molar-refractivity contribution in [3.63, 3.8) is 0 Å². The van der Waals surface area contributed by atoms with E-state index in [1.54, 1.807) is 12.1 Å². The molecule has 0 fully saturated rings. The van der Waals surface area contributed by atoms with E-state index in [0.29, 0.717) is 5.56 Å². The number of hydrogen-bond acceptors (Lipinski definition) is 4. The number of aromatic nitrogens is 2. The maximum Gasteiger partial charge on any atom is 0.335 e. The Bertz CT molecular complexity index is 570. The highest BCUT2D eigenvalue weighted by atomic mass is 19.1. The number of nitrogens with zero attached hydrogens (tertiary/aromatic N) is 2. The lowest BCUT2D eigenvalue weighted by atomic mass is 10.1. The van der Waals surface area contributed by atoms with Crippen LogP contribution in [0.3, 0.4) is 0 Å². The Balaban J connectivity index is 2.32. The van der Waals surface area contributed by atoms with Gasteiger partial charge in [-0.15, -0.1) is 0 Å². The molecule has 0 amide bonds. The highest BCUT2D eigenvalue weighted by Gasteiger charge is 2.26. The summed E-state index contributed by atoms with van der Waals surface area (Å²) in [5.41, 5.74) is -0.973. The second-order valence-electron chi connectivity index (χ2n) is 4.28. The first-order valence-electron chi connectivity index (χ1n) is 5.25. The predicted molar refractivity (Wildman–Crippen MR) is 60.8 cm³/mol. The zero-order valence-electron chi connectivity index (χ0n) is 9.85. The van der Waals surface area contributed by atoms with E-state index in [9.17, 15) is 9.18 Å². The summed E-state index contributed by atoms with van der Waals surface area (Å²) in [5.74, 6) is -0.896. The highest BCUT2D eigenvalue weighted by molar-refractivity contribution is 5.88. The second kappa shape index (κ2) is 4.21. The van der Waals surface area contributed by atoms with E-state index in [1.807, 2.05) is 0 Å². The van der Waals surface area contributed by atoms with Gasteiger partial charge in [0, 0.05) is 5.56 Å². The van der Waals surface area contributed by atoms with E-state index in [2.05, 4.69) is 10.1 Å². The lowest BCUT2D eigenvalue weighted by Crippen LogP contribution is -2.09. The standard InChI is InChI=1S/C12H11FN2O3/c1-12(2,13)11-14-9(15-18-11)7-3-5-8(6-4-7)10(16)17/h3-6H,1-2H3,(H,16,17). The molecule has 1 aromatic heterocycles. The molecule has 1 heterocycles. The van der Waals surface area contributed by atoms with Crippen LogP contribution in [-0.2, 0) is 5.67 Å². The molecule has 2 aromatic rings.